The second-order valence-corrected chi connectivity index (χ2v) is 9.70. The van der Waals surface area contributed by atoms with Crippen LogP contribution in [0, 0.1) is 13.8 Å². The van der Waals surface area contributed by atoms with Gasteiger partial charge in [0.1, 0.15) is 5.75 Å². The predicted octanol–water partition coefficient (Wildman–Crippen LogP) is 5.10. The fourth-order valence-electron chi connectivity index (χ4n) is 5.42. The van der Waals surface area contributed by atoms with Gasteiger partial charge in [-0.25, -0.2) is 0 Å². The number of benzene rings is 2. The van der Waals surface area contributed by atoms with Crippen LogP contribution in [0.1, 0.15) is 64.8 Å². The summed E-state index contributed by atoms with van der Waals surface area (Å²) in [6.45, 7) is 9.09. The number of nitrogens with two attached hydrogens (primary N) is 1. The SMILES string of the molecule is Cc1c(OCCCCN)ccc(C(C)N2C[C@@H]3C[C@H]2CN3C(=O)c2ccc(C(F)(F)F)cc2)c1C. The van der Waals surface area contributed by atoms with E-state index in [9.17, 15) is 18.0 Å². The number of amides is 1. The number of fused-ring (bicyclic) bond motifs is 2. The average Bonchev–Trinajstić information content (AvgIpc) is 3.44. The number of hydrogen-bond donors (Lipinski definition) is 1. The highest BCUT2D eigenvalue weighted by atomic mass is 19.4. The molecule has 2 aromatic rings. The Balaban J connectivity index is 1.40. The van der Waals surface area contributed by atoms with Crippen LogP contribution >= 0.6 is 0 Å². The van der Waals surface area contributed by atoms with E-state index in [1.54, 1.807) is 0 Å². The van der Waals surface area contributed by atoms with Crippen LogP contribution in [-0.4, -0.2) is 54.0 Å². The molecule has 4 rings (SSSR count). The molecule has 190 valence electrons. The van der Waals surface area contributed by atoms with Crippen LogP contribution in [0.2, 0.25) is 0 Å². The Kier molecular flexibility index (Phi) is 7.43. The van der Waals surface area contributed by atoms with Crippen molar-refractivity contribution in [2.24, 2.45) is 5.73 Å². The largest absolute Gasteiger partial charge is 0.493 e. The normalized spacial score (nSPS) is 20.9. The van der Waals surface area contributed by atoms with Gasteiger partial charge in [0.25, 0.3) is 5.91 Å². The summed E-state index contributed by atoms with van der Waals surface area (Å²) in [4.78, 5) is 17.3. The number of carbonyl (C=O) groups excluding carboxylic acids is 1. The Hall–Kier alpha value is -2.58. The summed E-state index contributed by atoms with van der Waals surface area (Å²) in [5, 5.41) is 0. The smallest absolute Gasteiger partial charge is 0.416 e. The average molecular weight is 490 g/mol. The molecule has 2 aliphatic heterocycles. The molecule has 8 heteroatoms. The van der Waals surface area contributed by atoms with E-state index in [2.05, 4.69) is 31.7 Å². The van der Waals surface area contributed by atoms with E-state index in [-0.39, 0.29) is 24.0 Å². The fourth-order valence-corrected chi connectivity index (χ4v) is 5.42. The van der Waals surface area contributed by atoms with Crippen molar-refractivity contribution in [3.05, 3.63) is 64.2 Å². The lowest BCUT2D eigenvalue weighted by atomic mass is 9.96. The standard InChI is InChI=1S/C27H34F3N3O2/c1-17-18(2)25(35-13-5-4-12-31)11-10-24(17)19(3)32-15-23-14-22(32)16-33(23)26(34)20-6-8-21(9-7-20)27(28,29)30/h6-11,19,22-23H,4-5,12-16,31H2,1-3H3/t19?,22-,23-/m0/s1. The number of carbonyl (C=O) groups is 1. The number of piperazine rings is 1. The van der Waals surface area contributed by atoms with Crippen LogP contribution in [0.25, 0.3) is 0 Å². The van der Waals surface area contributed by atoms with Crippen molar-refractivity contribution in [2.75, 3.05) is 26.2 Å². The molecule has 2 saturated heterocycles. The Morgan fingerprint density at radius 2 is 1.77 bits per heavy atom. The van der Waals surface area contributed by atoms with Crippen molar-refractivity contribution >= 4 is 5.91 Å². The zero-order valence-electron chi connectivity index (χ0n) is 20.6. The molecule has 2 bridgehead atoms. The van der Waals surface area contributed by atoms with Crippen LogP contribution < -0.4 is 10.5 Å². The summed E-state index contributed by atoms with van der Waals surface area (Å²) in [5.41, 5.74) is 8.73. The first-order valence-electron chi connectivity index (χ1n) is 12.3. The number of alkyl halides is 3. The van der Waals surface area contributed by atoms with E-state index in [1.807, 2.05) is 11.0 Å². The van der Waals surface area contributed by atoms with Gasteiger partial charge in [-0.05, 0) is 93.6 Å². The Morgan fingerprint density at radius 1 is 1.06 bits per heavy atom. The third-order valence-electron chi connectivity index (χ3n) is 7.59. The second kappa shape index (κ2) is 10.2. The van der Waals surface area contributed by atoms with Gasteiger partial charge in [-0.2, -0.15) is 13.2 Å². The number of unbranched alkanes of at least 4 members (excludes halogenated alkanes) is 1. The third kappa shape index (κ3) is 5.19. The lowest BCUT2D eigenvalue weighted by Gasteiger charge is -2.38. The monoisotopic (exact) mass is 489 g/mol. The second-order valence-electron chi connectivity index (χ2n) is 9.70. The van der Waals surface area contributed by atoms with Crippen LogP contribution in [0.15, 0.2) is 36.4 Å². The maximum atomic E-state index is 13.0. The molecule has 3 atom stereocenters. The third-order valence-corrected chi connectivity index (χ3v) is 7.59. The highest BCUT2D eigenvalue weighted by Crippen LogP contribution is 2.39. The minimum Gasteiger partial charge on any atom is -0.493 e. The summed E-state index contributed by atoms with van der Waals surface area (Å²) in [7, 11) is 0. The summed E-state index contributed by atoms with van der Waals surface area (Å²) >= 11 is 0. The molecule has 2 heterocycles. The van der Waals surface area contributed by atoms with Crippen LogP contribution in [0.3, 0.4) is 0 Å². The van der Waals surface area contributed by atoms with E-state index < -0.39 is 11.7 Å². The molecule has 0 aromatic heterocycles. The first kappa shape index (κ1) is 25.5. The van der Waals surface area contributed by atoms with Crippen LogP contribution in [0.5, 0.6) is 5.75 Å². The lowest BCUT2D eigenvalue weighted by Crippen LogP contribution is -2.49. The van der Waals surface area contributed by atoms with Gasteiger partial charge in [0, 0.05) is 36.8 Å². The topological polar surface area (TPSA) is 58.8 Å². The molecule has 2 aromatic carbocycles. The van der Waals surface area contributed by atoms with Crippen molar-refractivity contribution in [1.82, 2.24) is 9.80 Å². The molecule has 1 amide bonds. The molecule has 0 radical (unpaired) electrons. The van der Waals surface area contributed by atoms with Crippen molar-refractivity contribution in [3.8, 4) is 5.75 Å². The molecule has 0 aliphatic carbocycles. The van der Waals surface area contributed by atoms with Gasteiger partial charge in [0.05, 0.1) is 12.2 Å². The Morgan fingerprint density at radius 3 is 2.37 bits per heavy atom. The molecule has 1 unspecified atom stereocenters. The quantitative estimate of drug-likeness (QED) is 0.524. The van der Waals surface area contributed by atoms with Crippen LogP contribution in [-0.2, 0) is 6.18 Å². The van der Waals surface area contributed by atoms with Gasteiger partial charge in [-0.3, -0.25) is 9.69 Å². The number of halogens is 3. The van der Waals surface area contributed by atoms with Gasteiger partial charge in [0.15, 0.2) is 0 Å². The van der Waals surface area contributed by atoms with E-state index in [1.165, 1.54) is 23.3 Å². The lowest BCUT2D eigenvalue weighted by molar-refractivity contribution is -0.137. The van der Waals surface area contributed by atoms with Crippen molar-refractivity contribution < 1.29 is 22.7 Å². The number of rotatable bonds is 8. The highest BCUT2D eigenvalue weighted by Gasteiger charge is 2.47. The van der Waals surface area contributed by atoms with Gasteiger partial charge in [-0.1, -0.05) is 6.07 Å². The van der Waals surface area contributed by atoms with E-state index in [4.69, 9.17) is 10.5 Å². The molecule has 5 nitrogen and oxygen atoms in total. The molecule has 35 heavy (non-hydrogen) atoms. The Labute approximate surface area is 205 Å². The van der Waals surface area contributed by atoms with Crippen molar-refractivity contribution in [2.45, 2.75) is 64.3 Å². The summed E-state index contributed by atoms with van der Waals surface area (Å²) in [5.74, 6) is 0.716. The van der Waals surface area contributed by atoms with Crippen molar-refractivity contribution in [1.29, 1.82) is 0 Å². The fraction of sp³-hybridized carbons (Fsp3) is 0.519. The Bertz CT molecular complexity index is 1050. The molecule has 2 fully saturated rings. The predicted molar refractivity (Wildman–Crippen MR) is 129 cm³/mol. The van der Waals surface area contributed by atoms with E-state index in [0.717, 1.165) is 49.3 Å². The minimum atomic E-state index is -4.41. The summed E-state index contributed by atoms with van der Waals surface area (Å²) < 4.78 is 44.5. The van der Waals surface area contributed by atoms with Gasteiger partial charge in [-0.15, -0.1) is 0 Å². The molecule has 0 spiro atoms. The maximum Gasteiger partial charge on any atom is 0.416 e. The van der Waals surface area contributed by atoms with Gasteiger partial charge in [0.2, 0.25) is 0 Å². The first-order chi connectivity index (χ1) is 16.6. The number of ether oxygens (including phenoxy) is 1. The zero-order chi connectivity index (χ0) is 25.3. The van der Waals surface area contributed by atoms with Gasteiger partial charge >= 0.3 is 6.18 Å². The summed E-state index contributed by atoms with van der Waals surface area (Å²) in [6.07, 6.45) is -1.64. The summed E-state index contributed by atoms with van der Waals surface area (Å²) in [6, 6.07) is 9.21. The van der Waals surface area contributed by atoms with Crippen LogP contribution in [0.4, 0.5) is 13.2 Å². The minimum absolute atomic E-state index is 0.0730. The maximum absolute atomic E-state index is 13.0. The number of nitrogens with zero attached hydrogens (tertiary/aromatic N) is 2. The highest BCUT2D eigenvalue weighted by molar-refractivity contribution is 5.94. The number of hydrogen-bond acceptors (Lipinski definition) is 4. The molecular weight excluding hydrogens is 455 g/mol. The molecule has 2 N–H and O–H groups in total. The number of likely N-dealkylation sites (tertiary alicyclic amines) is 2. The first-order valence-corrected chi connectivity index (χ1v) is 12.3. The molecule has 0 saturated carbocycles. The molecule has 2 aliphatic rings. The van der Waals surface area contributed by atoms with Crippen molar-refractivity contribution in [3.63, 3.8) is 0 Å². The van der Waals surface area contributed by atoms with E-state index in [0.29, 0.717) is 25.3 Å². The van der Waals surface area contributed by atoms with E-state index >= 15 is 0 Å². The van der Waals surface area contributed by atoms with Gasteiger partial charge < -0.3 is 15.4 Å². The zero-order valence-corrected chi connectivity index (χ0v) is 20.6. The molecular formula is C27H34F3N3O2.